The lowest BCUT2D eigenvalue weighted by atomic mass is 9.90. The van der Waals surface area contributed by atoms with Crippen molar-refractivity contribution in [2.24, 2.45) is 5.41 Å². The van der Waals surface area contributed by atoms with Crippen LogP contribution in [0.25, 0.3) is 0 Å². The van der Waals surface area contributed by atoms with E-state index >= 15 is 0 Å². The maximum absolute atomic E-state index is 5.38. The lowest BCUT2D eigenvalue weighted by Crippen LogP contribution is -2.18. The van der Waals surface area contributed by atoms with Gasteiger partial charge in [0.05, 0.1) is 13.2 Å². The van der Waals surface area contributed by atoms with Gasteiger partial charge in [0.2, 0.25) is 0 Å². The zero-order valence-electron chi connectivity index (χ0n) is 8.51. The van der Waals surface area contributed by atoms with Crippen molar-refractivity contribution in [1.82, 2.24) is 0 Å². The Morgan fingerprint density at radius 1 is 1.38 bits per heavy atom. The average molecular weight is 251 g/mol. The Labute approximate surface area is 89.4 Å². The van der Waals surface area contributed by atoms with E-state index in [0.29, 0.717) is 13.2 Å². The van der Waals surface area contributed by atoms with Crippen LogP contribution in [0.1, 0.15) is 13.3 Å². The lowest BCUT2D eigenvalue weighted by Gasteiger charge is -2.22. The molecule has 0 heterocycles. The Kier molecular flexibility index (Phi) is 7.62. The van der Waals surface area contributed by atoms with Crippen LogP contribution in [0.2, 0.25) is 0 Å². The van der Waals surface area contributed by atoms with Gasteiger partial charge in [0.15, 0.2) is 0 Å². The van der Waals surface area contributed by atoms with Crippen molar-refractivity contribution >= 4 is 15.9 Å². The number of hydrogen-bond donors (Lipinski definition) is 0. The van der Waals surface area contributed by atoms with Crippen molar-refractivity contribution in [2.45, 2.75) is 13.3 Å². The van der Waals surface area contributed by atoms with E-state index in [-0.39, 0.29) is 5.41 Å². The van der Waals surface area contributed by atoms with E-state index < -0.39 is 0 Å². The Bertz CT molecular complexity index is 139. The SMILES string of the molecule is C=CC(C)(CBr)CCOCCOC. The molecule has 0 spiro atoms. The van der Waals surface area contributed by atoms with Crippen LogP contribution in [-0.2, 0) is 9.47 Å². The number of hydrogen-bond acceptors (Lipinski definition) is 2. The predicted octanol–water partition coefficient (Wildman–Crippen LogP) is 2.63. The Balaban J connectivity index is 3.44. The smallest absolute Gasteiger partial charge is 0.0700 e. The lowest BCUT2D eigenvalue weighted by molar-refractivity contribution is 0.0611. The normalized spacial score (nSPS) is 15.3. The molecule has 0 bridgehead atoms. The number of alkyl halides is 1. The van der Waals surface area contributed by atoms with Gasteiger partial charge in [0, 0.05) is 19.0 Å². The largest absolute Gasteiger partial charge is 0.382 e. The molecule has 0 aliphatic heterocycles. The van der Waals surface area contributed by atoms with E-state index in [1.807, 2.05) is 6.08 Å². The summed E-state index contributed by atoms with van der Waals surface area (Å²) in [7, 11) is 1.68. The summed E-state index contributed by atoms with van der Waals surface area (Å²) in [5, 5.41) is 0.928. The highest BCUT2D eigenvalue weighted by atomic mass is 79.9. The Morgan fingerprint density at radius 2 is 2.08 bits per heavy atom. The van der Waals surface area contributed by atoms with Gasteiger partial charge < -0.3 is 9.47 Å². The molecule has 0 fully saturated rings. The molecule has 2 nitrogen and oxygen atoms in total. The van der Waals surface area contributed by atoms with Gasteiger partial charge in [-0.25, -0.2) is 0 Å². The first-order chi connectivity index (χ1) is 6.18. The van der Waals surface area contributed by atoms with Crippen LogP contribution in [0.4, 0.5) is 0 Å². The fourth-order valence-electron chi connectivity index (χ4n) is 0.773. The Morgan fingerprint density at radius 3 is 2.54 bits per heavy atom. The molecule has 0 aromatic heterocycles. The summed E-state index contributed by atoms with van der Waals surface area (Å²) in [6, 6.07) is 0. The molecule has 0 amide bonds. The van der Waals surface area contributed by atoms with E-state index in [9.17, 15) is 0 Å². The summed E-state index contributed by atoms with van der Waals surface area (Å²) in [5.41, 5.74) is 0.146. The van der Waals surface area contributed by atoms with Crippen molar-refractivity contribution in [3.8, 4) is 0 Å². The minimum atomic E-state index is 0.146. The summed E-state index contributed by atoms with van der Waals surface area (Å²) in [5.74, 6) is 0. The third-order valence-electron chi connectivity index (χ3n) is 2.05. The van der Waals surface area contributed by atoms with Crippen molar-refractivity contribution in [2.75, 3.05) is 32.3 Å². The summed E-state index contributed by atoms with van der Waals surface area (Å²) in [6.07, 6.45) is 2.97. The molecular formula is C10H19BrO2. The van der Waals surface area contributed by atoms with Gasteiger partial charge in [-0.3, -0.25) is 0 Å². The molecule has 0 aromatic carbocycles. The minimum absolute atomic E-state index is 0.146. The van der Waals surface area contributed by atoms with E-state index in [2.05, 4.69) is 29.4 Å². The minimum Gasteiger partial charge on any atom is -0.382 e. The van der Waals surface area contributed by atoms with E-state index in [1.54, 1.807) is 7.11 Å². The molecule has 0 N–H and O–H groups in total. The van der Waals surface area contributed by atoms with Gasteiger partial charge >= 0.3 is 0 Å². The maximum Gasteiger partial charge on any atom is 0.0700 e. The molecule has 0 aliphatic rings. The molecule has 0 rings (SSSR count). The number of allylic oxidation sites excluding steroid dienone is 1. The van der Waals surface area contributed by atoms with E-state index in [0.717, 1.165) is 18.4 Å². The monoisotopic (exact) mass is 250 g/mol. The molecule has 0 saturated heterocycles. The van der Waals surface area contributed by atoms with Gasteiger partial charge in [-0.1, -0.05) is 28.9 Å². The molecule has 1 atom stereocenters. The third-order valence-corrected chi connectivity index (χ3v) is 3.33. The zero-order chi connectivity index (χ0) is 10.2. The first-order valence-electron chi connectivity index (χ1n) is 4.45. The Hall–Kier alpha value is 0.140. The second kappa shape index (κ2) is 7.54. The van der Waals surface area contributed by atoms with Crippen molar-refractivity contribution in [3.05, 3.63) is 12.7 Å². The van der Waals surface area contributed by atoms with Crippen molar-refractivity contribution in [1.29, 1.82) is 0 Å². The highest BCUT2D eigenvalue weighted by molar-refractivity contribution is 9.09. The first-order valence-corrected chi connectivity index (χ1v) is 5.57. The second-order valence-electron chi connectivity index (χ2n) is 3.35. The van der Waals surface area contributed by atoms with Crippen LogP contribution in [-0.4, -0.2) is 32.3 Å². The van der Waals surface area contributed by atoms with Crippen molar-refractivity contribution in [3.63, 3.8) is 0 Å². The number of methoxy groups -OCH3 is 1. The van der Waals surface area contributed by atoms with E-state index in [4.69, 9.17) is 9.47 Å². The maximum atomic E-state index is 5.38. The predicted molar refractivity (Wildman–Crippen MR) is 59.4 cm³/mol. The fourth-order valence-corrected chi connectivity index (χ4v) is 1.28. The van der Waals surface area contributed by atoms with Crippen LogP contribution in [0.5, 0.6) is 0 Å². The van der Waals surface area contributed by atoms with Gasteiger partial charge in [0.1, 0.15) is 0 Å². The third kappa shape index (κ3) is 6.24. The highest BCUT2D eigenvalue weighted by Gasteiger charge is 2.17. The standard InChI is InChI=1S/C10H19BrO2/c1-4-10(2,9-11)5-6-13-8-7-12-3/h4H,1,5-9H2,2-3H3. The van der Waals surface area contributed by atoms with Gasteiger partial charge in [-0.05, 0) is 11.8 Å². The molecule has 0 aliphatic carbocycles. The average Bonchev–Trinajstić information content (AvgIpc) is 2.17. The molecule has 1 unspecified atom stereocenters. The molecule has 78 valence electrons. The van der Waals surface area contributed by atoms with Crippen LogP contribution in [0.15, 0.2) is 12.7 Å². The van der Waals surface area contributed by atoms with Gasteiger partial charge in [-0.2, -0.15) is 0 Å². The van der Waals surface area contributed by atoms with E-state index in [1.165, 1.54) is 0 Å². The van der Waals surface area contributed by atoms with Crippen molar-refractivity contribution < 1.29 is 9.47 Å². The quantitative estimate of drug-likeness (QED) is 0.375. The fraction of sp³-hybridized carbons (Fsp3) is 0.800. The summed E-state index contributed by atoms with van der Waals surface area (Å²) in [6.45, 7) is 8.07. The molecule has 3 heteroatoms. The molecule has 13 heavy (non-hydrogen) atoms. The number of halogens is 1. The van der Waals surface area contributed by atoms with Gasteiger partial charge in [-0.15, -0.1) is 6.58 Å². The molecule has 0 radical (unpaired) electrons. The summed E-state index contributed by atoms with van der Waals surface area (Å²) in [4.78, 5) is 0. The summed E-state index contributed by atoms with van der Waals surface area (Å²) < 4.78 is 10.3. The topological polar surface area (TPSA) is 18.5 Å². The second-order valence-corrected chi connectivity index (χ2v) is 3.91. The van der Waals surface area contributed by atoms with Crippen LogP contribution in [0, 0.1) is 5.41 Å². The number of rotatable bonds is 8. The van der Waals surface area contributed by atoms with Crippen LogP contribution >= 0.6 is 15.9 Å². The molecule has 0 aromatic rings. The first kappa shape index (κ1) is 13.1. The highest BCUT2D eigenvalue weighted by Crippen LogP contribution is 2.24. The zero-order valence-corrected chi connectivity index (χ0v) is 10.1. The van der Waals surface area contributed by atoms with Crippen LogP contribution in [0.3, 0.4) is 0 Å². The van der Waals surface area contributed by atoms with Crippen LogP contribution < -0.4 is 0 Å². The van der Waals surface area contributed by atoms with Gasteiger partial charge in [0.25, 0.3) is 0 Å². The summed E-state index contributed by atoms with van der Waals surface area (Å²) >= 11 is 3.46. The molecular weight excluding hydrogens is 232 g/mol. The number of ether oxygens (including phenoxy) is 2. The molecule has 0 saturated carbocycles.